The molecular weight excluding hydrogens is 242 g/mol. The molecule has 100 valence electrons. The van der Waals surface area contributed by atoms with Gasteiger partial charge in [-0.05, 0) is 52.0 Å². The maximum absolute atomic E-state index is 11.9. The van der Waals surface area contributed by atoms with E-state index < -0.39 is 0 Å². The van der Waals surface area contributed by atoms with Gasteiger partial charge in [0.25, 0.3) is 11.8 Å². The number of carbonyl (C=O) groups excluding carboxylic acids is 1. The van der Waals surface area contributed by atoms with Crippen LogP contribution in [0.1, 0.15) is 37.0 Å². The van der Waals surface area contributed by atoms with Crippen molar-refractivity contribution >= 4 is 5.91 Å². The molecule has 0 saturated heterocycles. The Kier molecular flexibility index (Phi) is 3.38. The first-order valence-electron chi connectivity index (χ1n) is 6.08. The molecule has 0 saturated carbocycles. The third-order valence-corrected chi connectivity index (χ3v) is 2.41. The smallest absolute Gasteiger partial charge is 0.257 e. The van der Waals surface area contributed by atoms with Gasteiger partial charge in [-0.25, -0.2) is 0 Å². The fourth-order valence-corrected chi connectivity index (χ4v) is 1.59. The Labute approximate surface area is 112 Å². The molecule has 0 spiro atoms. The molecule has 19 heavy (non-hydrogen) atoms. The monoisotopic (exact) mass is 259 g/mol. The minimum absolute atomic E-state index is 0.0965. The summed E-state index contributed by atoms with van der Waals surface area (Å²) in [6.07, 6.45) is 0. The lowest BCUT2D eigenvalue weighted by atomic mass is 10.1. The van der Waals surface area contributed by atoms with E-state index >= 15 is 0 Å². The minimum Gasteiger partial charge on any atom is -0.347 e. The Hall–Kier alpha value is -2.17. The molecule has 5 heteroatoms. The SMILES string of the molecule is Cc1noc(-c2ccc(C(=O)NC(C)(C)C)cc2)n1. The first kappa shape index (κ1) is 13.3. The van der Waals surface area contributed by atoms with Gasteiger partial charge in [-0.2, -0.15) is 4.98 Å². The fourth-order valence-electron chi connectivity index (χ4n) is 1.59. The number of hydrogen-bond acceptors (Lipinski definition) is 4. The van der Waals surface area contributed by atoms with Crippen LogP contribution in [0.2, 0.25) is 0 Å². The zero-order valence-electron chi connectivity index (χ0n) is 11.5. The minimum atomic E-state index is -0.251. The first-order chi connectivity index (χ1) is 8.85. The summed E-state index contributed by atoms with van der Waals surface area (Å²) in [5.41, 5.74) is 1.15. The lowest BCUT2D eigenvalue weighted by Crippen LogP contribution is -2.40. The number of amides is 1. The van der Waals surface area contributed by atoms with Gasteiger partial charge >= 0.3 is 0 Å². The van der Waals surface area contributed by atoms with E-state index in [0.717, 1.165) is 5.56 Å². The van der Waals surface area contributed by atoms with Gasteiger partial charge in [-0.3, -0.25) is 4.79 Å². The molecule has 1 heterocycles. The summed E-state index contributed by atoms with van der Waals surface area (Å²) < 4.78 is 5.07. The maximum Gasteiger partial charge on any atom is 0.257 e. The molecule has 1 aromatic carbocycles. The van der Waals surface area contributed by atoms with Crippen molar-refractivity contribution in [1.29, 1.82) is 0 Å². The van der Waals surface area contributed by atoms with Crippen molar-refractivity contribution in [2.75, 3.05) is 0 Å². The van der Waals surface area contributed by atoms with Gasteiger partial charge in [0, 0.05) is 16.7 Å². The predicted octanol–water partition coefficient (Wildman–Crippen LogP) is 2.57. The van der Waals surface area contributed by atoms with Crippen LogP contribution >= 0.6 is 0 Å². The van der Waals surface area contributed by atoms with Gasteiger partial charge in [0.05, 0.1) is 0 Å². The second kappa shape index (κ2) is 4.84. The highest BCUT2D eigenvalue weighted by Gasteiger charge is 2.15. The summed E-state index contributed by atoms with van der Waals surface area (Å²) >= 11 is 0. The zero-order valence-corrected chi connectivity index (χ0v) is 11.5. The van der Waals surface area contributed by atoms with E-state index in [1.54, 1.807) is 31.2 Å². The van der Waals surface area contributed by atoms with E-state index in [4.69, 9.17) is 4.52 Å². The molecule has 5 nitrogen and oxygen atoms in total. The average molecular weight is 259 g/mol. The number of aryl methyl sites for hydroxylation is 1. The van der Waals surface area contributed by atoms with Crippen LogP contribution in [-0.4, -0.2) is 21.6 Å². The van der Waals surface area contributed by atoms with Gasteiger partial charge in [-0.1, -0.05) is 5.16 Å². The molecule has 2 rings (SSSR count). The molecule has 0 aliphatic heterocycles. The summed E-state index contributed by atoms with van der Waals surface area (Å²) in [4.78, 5) is 16.1. The molecular formula is C14H17N3O2. The third-order valence-electron chi connectivity index (χ3n) is 2.41. The summed E-state index contributed by atoms with van der Waals surface area (Å²) in [6, 6.07) is 7.08. The molecule has 0 bridgehead atoms. The second-order valence-electron chi connectivity index (χ2n) is 5.43. The number of nitrogens with one attached hydrogen (secondary N) is 1. The molecule has 0 unspecified atom stereocenters. The third kappa shape index (κ3) is 3.40. The molecule has 1 N–H and O–H groups in total. The molecule has 1 aromatic heterocycles. The van der Waals surface area contributed by atoms with Gasteiger partial charge in [0.1, 0.15) is 0 Å². The largest absolute Gasteiger partial charge is 0.347 e. The van der Waals surface area contributed by atoms with Crippen molar-refractivity contribution in [1.82, 2.24) is 15.5 Å². The van der Waals surface area contributed by atoms with E-state index in [1.807, 2.05) is 20.8 Å². The topological polar surface area (TPSA) is 68.0 Å². The van der Waals surface area contributed by atoms with E-state index in [1.165, 1.54) is 0 Å². The average Bonchev–Trinajstić information content (AvgIpc) is 2.74. The number of benzene rings is 1. The van der Waals surface area contributed by atoms with Crippen molar-refractivity contribution in [3.05, 3.63) is 35.7 Å². The van der Waals surface area contributed by atoms with Crippen LogP contribution in [0.5, 0.6) is 0 Å². The van der Waals surface area contributed by atoms with Crippen molar-refractivity contribution in [3.8, 4) is 11.5 Å². The lowest BCUT2D eigenvalue weighted by Gasteiger charge is -2.20. The Balaban J connectivity index is 2.17. The van der Waals surface area contributed by atoms with Crippen molar-refractivity contribution in [3.63, 3.8) is 0 Å². The normalized spacial score (nSPS) is 11.4. The van der Waals surface area contributed by atoms with E-state index in [2.05, 4.69) is 15.5 Å². The van der Waals surface area contributed by atoms with Crippen molar-refractivity contribution < 1.29 is 9.32 Å². The van der Waals surface area contributed by atoms with E-state index in [-0.39, 0.29) is 11.4 Å². The standard InChI is InChI=1S/C14H17N3O2/c1-9-15-13(19-17-9)11-7-5-10(6-8-11)12(18)16-14(2,3)4/h5-8H,1-4H3,(H,16,18). The quantitative estimate of drug-likeness (QED) is 0.900. The molecule has 1 amide bonds. The Bertz CT molecular complexity index is 579. The molecule has 0 fully saturated rings. The molecule has 0 radical (unpaired) electrons. The van der Waals surface area contributed by atoms with Crippen LogP contribution in [0, 0.1) is 6.92 Å². The fraction of sp³-hybridized carbons (Fsp3) is 0.357. The van der Waals surface area contributed by atoms with Crippen LogP contribution in [0.15, 0.2) is 28.8 Å². The number of hydrogen-bond donors (Lipinski definition) is 1. The Morgan fingerprint density at radius 1 is 1.21 bits per heavy atom. The summed E-state index contributed by atoms with van der Waals surface area (Å²) in [7, 11) is 0. The van der Waals surface area contributed by atoms with Gasteiger partial charge in [0.15, 0.2) is 5.82 Å². The highest BCUT2D eigenvalue weighted by atomic mass is 16.5. The van der Waals surface area contributed by atoms with Crippen LogP contribution in [0.4, 0.5) is 0 Å². The molecule has 0 aliphatic carbocycles. The van der Waals surface area contributed by atoms with E-state index in [0.29, 0.717) is 17.3 Å². The number of aromatic nitrogens is 2. The van der Waals surface area contributed by atoms with Gasteiger partial charge < -0.3 is 9.84 Å². The summed E-state index contributed by atoms with van der Waals surface area (Å²) in [5.74, 6) is 0.950. The second-order valence-corrected chi connectivity index (χ2v) is 5.43. The predicted molar refractivity (Wildman–Crippen MR) is 71.7 cm³/mol. The number of rotatable bonds is 2. The van der Waals surface area contributed by atoms with Crippen LogP contribution < -0.4 is 5.32 Å². The zero-order chi connectivity index (χ0) is 14.0. The molecule has 2 aromatic rings. The summed E-state index contributed by atoms with van der Waals surface area (Å²) in [5, 5.41) is 6.64. The lowest BCUT2D eigenvalue weighted by molar-refractivity contribution is 0.0919. The summed E-state index contributed by atoms with van der Waals surface area (Å²) in [6.45, 7) is 7.60. The van der Waals surface area contributed by atoms with Crippen LogP contribution in [-0.2, 0) is 0 Å². The van der Waals surface area contributed by atoms with Crippen LogP contribution in [0.25, 0.3) is 11.5 Å². The number of carbonyl (C=O) groups is 1. The maximum atomic E-state index is 11.9. The van der Waals surface area contributed by atoms with E-state index in [9.17, 15) is 4.79 Å². The highest BCUT2D eigenvalue weighted by Crippen LogP contribution is 2.17. The Morgan fingerprint density at radius 3 is 2.32 bits per heavy atom. The van der Waals surface area contributed by atoms with Crippen LogP contribution in [0.3, 0.4) is 0 Å². The van der Waals surface area contributed by atoms with Gasteiger partial charge in [-0.15, -0.1) is 0 Å². The highest BCUT2D eigenvalue weighted by molar-refractivity contribution is 5.95. The van der Waals surface area contributed by atoms with Crippen molar-refractivity contribution in [2.45, 2.75) is 33.2 Å². The molecule has 0 aliphatic rings. The molecule has 0 atom stereocenters. The Morgan fingerprint density at radius 2 is 1.84 bits per heavy atom. The number of nitrogens with zero attached hydrogens (tertiary/aromatic N) is 2. The van der Waals surface area contributed by atoms with Crippen molar-refractivity contribution in [2.24, 2.45) is 0 Å². The van der Waals surface area contributed by atoms with Gasteiger partial charge in [0.2, 0.25) is 0 Å². The first-order valence-corrected chi connectivity index (χ1v) is 6.08.